The van der Waals surface area contributed by atoms with Gasteiger partial charge in [0.15, 0.2) is 0 Å². The molecule has 6 rings (SSSR count). The van der Waals surface area contributed by atoms with E-state index in [-0.39, 0.29) is 6.04 Å². The molecule has 4 bridgehead atoms. The molecule has 1 heterocycles. The molecule has 1 unspecified atom stereocenters. The highest BCUT2D eigenvalue weighted by Crippen LogP contribution is 2.63. The van der Waals surface area contributed by atoms with Gasteiger partial charge in [-0.2, -0.15) is 0 Å². The van der Waals surface area contributed by atoms with Crippen molar-refractivity contribution in [2.45, 2.75) is 44.6 Å². The second-order valence-electron chi connectivity index (χ2n) is 7.94. The quantitative estimate of drug-likeness (QED) is 0.818. The van der Waals surface area contributed by atoms with Crippen LogP contribution < -0.4 is 5.73 Å². The van der Waals surface area contributed by atoms with Crippen molar-refractivity contribution in [1.29, 1.82) is 0 Å². The fourth-order valence-corrected chi connectivity index (χ4v) is 7.22. The van der Waals surface area contributed by atoms with Crippen LogP contribution in [-0.2, 0) is 0 Å². The van der Waals surface area contributed by atoms with Gasteiger partial charge in [0.1, 0.15) is 0 Å². The Hall–Kier alpha value is -0.860. The molecule has 4 aliphatic rings. The maximum Gasteiger partial charge on any atom is 0.0447 e. The monoisotopic (exact) mass is 297 g/mol. The molecular formula is C19H23NS. The van der Waals surface area contributed by atoms with Gasteiger partial charge in [0, 0.05) is 15.6 Å². The van der Waals surface area contributed by atoms with Crippen molar-refractivity contribution < 1.29 is 0 Å². The van der Waals surface area contributed by atoms with E-state index in [1.54, 1.807) is 0 Å². The van der Waals surface area contributed by atoms with Crippen LogP contribution in [0.25, 0.3) is 10.1 Å². The predicted molar refractivity (Wildman–Crippen MR) is 89.4 cm³/mol. The summed E-state index contributed by atoms with van der Waals surface area (Å²) in [4.78, 5) is 1.43. The average molecular weight is 297 g/mol. The van der Waals surface area contributed by atoms with Crippen LogP contribution >= 0.6 is 11.3 Å². The molecule has 2 N–H and O–H groups in total. The fourth-order valence-electron chi connectivity index (χ4n) is 6.02. The van der Waals surface area contributed by atoms with Crippen LogP contribution in [0.2, 0.25) is 0 Å². The van der Waals surface area contributed by atoms with Gasteiger partial charge >= 0.3 is 0 Å². The van der Waals surface area contributed by atoms with E-state index >= 15 is 0 Å². The van der Waals surface area contributed by atoms with Crippen LogP contribution in [0.4, 0.5) is 0 Å². The van der Waals surface area contributed by atoms with Gasteiger partial charge in [-0.05, 0) is 79.2 Å². The minimum Gasteiger partial charge on any atom is -0.323 e. The topological polar surface area (TPSA) is 26.0 Å². The number of nitrogens with two attached hydrogens (primary N) is 1. The summed E-state index contributed by atoms with van der Waals surface area (Å²) in [5.41, 5.74) is 7.29. The van der Waals surface area contributed by atoms with Crippen LogP contribution in [0.1, 0.15) is 49.4 Å². The molecule has 0 amide bonds. The smallest absolute Gasteiger partial charge is 0.0447 e. The summed E-state index contributed by atoms with van der Waals surface area (Å²) in [6.45, 7) is 0. The van der Waals surface area contributed by atoms with Crippen molar-refractivity contribution >= 4 is 21.4 Å². The molecule has 1 atom stereocenters. The molecule has 0 aliphatic heterocycles. The summed E-state index contributed by atoms with van der Waals surface area (Å²) < 4.78 is 1.40. The van der Waals surface area contributed by atoms with Crippen molar-refractivity contribution in [3.63, 3.8) is 0 Å². The van der Waals surface area contributed by atoms with Crippen molar-refractivity contribution in [3.05, 3.63) is 35.2 Å². The van der Waals surface area contributed by atoms with Gasteiger partial charge in [-0.1, -0.05) is 18.2 Å². The zero-order chi connectivity index (χ0) is 14.0. The standard InChI is InChI=1S/C19H23NS/c20-18(17-8-15-3-1-2-4-16(15)21-17)19-9-12-5-13(10-19)7-14(6-12)11-19/h1-4,8,12-14,18H,5-7,9-11,20H2. The molecule has 4 aliphatic carbocycles. The van der Waals surface area contributed by atoms with E-state index in [2.05, 4.69) is 30.3 Å². The minimum absolute atomic E-state index is 0.267. The highest BCUT2D eigenvalue weighted by Gasteiger charge is 2.53. The Bertz CT molecular complexity index is 617. The number of hydrogen-bond donors (Lipinski definition) is 1. The van der Waals surface area contributed by atoms with Gasteiger partial charge in [-0.15, -0.1) is 11.3 Å². The van der Waals surface area contributed by atoms with Gasteiger partial charge in [0.25, 0.3) is 0 Å². The Balaban J connectivity index is 1.54. The lowest BCUT2D eigenvalue weighted by atomic mass is 9.47. The van der Waals surface area contributed by atoms with E-state index in [1.165, 1.54) is 53.5 Å². The number of fused-ring (bicyclic) bond motifs is 1. The van der Waals surface area contributed by atoms with Crippen LogP contribution in [0, 0.1) is 23.2 Å². The highest BCUT2D eigenvalue weighted by molar-refractivity contribution is 7.19. The first kappa shape index (κ1) is 12.7. The van der Waals surface area contributed by atoms with E-state index in [1.807, 2.05) is 11.3 Å². The molecular weight excluding hydrogens is 274 g/mol. The Kier molecular flexibility index (Phi) is 2.61. The van der Waals surface area contributed by atoms with Crippen LogP contribution in [0.15, 0.2) is 30.3 Å². The zero-order valence-corrected chi connectivity index (χ0v) is 13.2. The number of thiophene rings is 1. The van der Waals surface area contributed by atoms with E-state index < -0.39 is 0 Å². The molecule has 4 saturated carbocycles. The van der Waals surface area contributed by atoms with Crippen molar-refractivity contribution in [3.8, 4) is 0 Å². The summed E-state index contributed by atoms with van der Waals surface area (Å²) in [6, 6.07) is 11.4. The van der Waals surface area contributed by atoms with Crippen molar-refractivity contribution in [2.75, 3.05) is 0 Å². The summed E-state index contributed by atoms with van der Waals surface area (Å²) >= 11 is 1.93. The Labute approximate surface area is 130 Å². The Morgan fingerprint density at radius 2 is 1.62 bits per heavy atom. The van der Waals surface area contributed by atoms with Gasteiger partial charge < -0.3 is 5.73 Å². The second kappa shape index (κ2) is 4.33. The lowest BCUT2D eigenvalue weighted by Gasteiger charge is -2.58. The lowest BCUT2D eigenvalue weighted by Crippen LogP contribution is -2.50. The summed E-state index contributed by atoms with van der Waals surface area (Å²) in [7, 11) is 0. The van der Waals surface area contributed by atoms with Crippen LogP contribution in [-0.4, -0.2) is 0 Å². The van der Waals surface area contributed by atoms with E-state index in [0.29, 0.717) is 5.41 Å². The van der Waals surface area contributed by atoms with E-state index in [0.717, 1.165) is 17.8 Å². The molecule has 0 spiro atoms. The van der Waals surface area contributed by atoms with Gasteiger partial charge in [0.2, 0.25) is 0 Å². The van der Waals surface area contributed by atoms with Gasteiger partial charge in [-0.25, -0.2) is 0 Å². The molecule has 0 saturated heterocycles. The fraction of sp³-hybridized carbons (Fsp3) is 0.579. The Morgan fingerprint density at radius 3 is 2.24 bits per heavy atom. The summed E-state index contributed by atoms with van der Waals surface area (Å²) in [5.74, 6) is 2.95. The minimum atomic E-state index is 0.267. The van der Waals surface area contributed by atoms with Crippen molar-refractivity contribution in [2.24, 2.45) is 28.9 Å². The third-order valence-electron chi connectivity index (χ3n) is 6.50. The van der Waals surface area contributed by atoms with E-state index in [9.17, 15) is 0 Å². The predicted octanol–water partition coefficient (Wildman–Crippen LogP) is 5.12. The molecule has 0 radical (unpaired) electrons. The largest absolute Gasteiger partial charge is 0.323 e. The lowest BCUT2D eigenvalue weighted by molar-refractivity contribution is -0.0671. The molecule has 21 heavy (non-hydrogen) atoms. The van der Waals surface area contributed by atoms with Gasteiger partial charge in [0.05, 0.1) is 0 Å². The van der Waals surface area contributed by atoms with Crippen molar-refractivity contribution in [1.82, 2.24) is 0 Å². The van der Waals surface area contributed by atoms with E-state index in [4.69, 9.17) is 5.73 Å². The number of rotatable bonds is 2. The summed E-state index contributed by atoms with van der Waals surface area (Å²) in [6.07, 6.45) is 8.69. The van der Waals surface area contributed by atoms with Crippen LogP contribution in [0.3, 0.4) is 0 Å². The maximum atomic E-state index is 6.87. The molecule has 4 fully saturated rings. The number of benzene rings is 1. The average Bonchev–Trinajstić information content (AvgIpc) is 2.88. The first-order chi connectivity index (χ1) is 10.2. The first-order valence-electron chi connectivity index (χ1n) is 8.46. The molecule has 1 aromatic heterocycles. The number of hydrogen-bond acceptors (Lipinski definition) is 2. The highest BCUT2D eigenvalue weighted by atomic mass is 32.1. The third kappa shape index (κ3) is 1.85. The second-order valence-corrected chi connectivity index (χ2v) is 9.06. The third-order valence-corrected chi connectivity index (χ3v) is 7.70. The molecule has 2 aromatic rings. The Morgan fingerprint density at radius 1 is 1.00 bits per heavy atom. The van der Waals surface area contributed by atoms with Gasteiger partial charge in [-0.3, -0.25) is 0 Å². The maximum absolute atomic E-state index is 6.87. The SMILES string of the molecule is NC(c1cc2ccccc2s1)C12CC3CC(CC(C3)C1)C2. The summed E-state index contributed by atoms with van der Waals surface area (Å²) in [5, 5.41) is 1.37. The molecule has 2 heteroatoms. The van der Waals surface area contributed by atoms with Crippen LogP contribution in [0.5, 0.6) is 0 Å². The first-order valence-corrected chi connectivity index (χ1v) is 9.28. The molecule has 1 aromatic carbocycles. The molecule has 110 valence electrons. The molecule has 1 nitrogen and oxygen atoms in total. The normalized spacial score (nSPS) is 39.0. The zero-order valence-electron chi connectivity index (χ0n) is 12.4.